The van der Waals surface area contributed by atoms with Crippen molar-refractivity contribution < 1.29 is 14.3 Å². The van der Waals surface area contributed by atoms with Crippen molar-refractivity contribution in [2.45, 2.75) is 19.4 Å². The number of amides is 1. The van der Waals surface area contributed by atoms with Crippen molar-refractivity contribution in [3.05, 3.63) is 93.9 Å². The summed E-state index contributed by atoms with van der Waals surface area (Å²) < 4.78 is 7.91. The van der Waals surface area contributed by atoms with E-state index in [-0.39, 0.29) is 17.7 Å². The molecule has 0 saturated carbocycles. The number of thiazole rings is 1. The maximum Gasteiger partial charge on any atom is 0.356 e. The molecule has 0 aliphatic rings. The van der Waals surface area contributed by atoms with Crippen LogP contribution in [0.1, 0.15) is 23.8 Å². The Morgan fingerprint density at radius 1 is 1.03 bits per heavy atom. The third kappa shape index (κ3) is 4.73. The molecule has 1 atom stereocenters. The number of para-hydroxylation sites is 1. The number of ether oxygens (including phenoxy) is 1. The van der Waals surface area contributed by atoms with Crippen LogP contribution in [-0.2, 0) is 16.6 Å². The molecule has 0 saturated heterocycles. The molecule has 1 amide bonds. The minimum atomic E-state index is -1.08. The summed E-state index contributed by atoms with van der Waals surface area (Å²) >= 11 is 7.43. The van der Waals surface area contributed by atoms with Crippen molar-refractivity contribution in [2.75, 3.05) is 5.32 Å². The number of pyridine rings is 1. The van der Waals surface area contributed by atoms with Gasteiger partial charge in [-0.25, -0.2) is 9.78 Å². The number of anilines is 1. The first-order valence-corrected chi connectivity index (χ1v) is 12.8. The molecule has 0 fully saturated rings. The molecule has 0 spiro atoms. The number of hydrogen-bond donors (Lipinski definition) is 1. The zero-order chi connectivity index (χ0) is 26.1. The van der Waals surface area contributed by atoms with Crippen LogP contribution in [0.5, 0.6) is 0 Å². The highest BCUT2D eigenvalue weighted by Gasteiger charge is 2.28. The maximum atomic E-state index is 13.6. The minimum absolute atomic E-state index is 0.0530. The van der Waals surface area contributed by atoms with Crippen molar-refractivity contribution >= 4 is 60.9 Å². The summed E-state index contributed by atoms with van der Waals surface area (Å²) in [5.74, 6) is -1.27. The van der Waals surface area contributed by atoms with E-state index >= 15 is 0 Å². The largest absolute Gasteiger partial charge is 0.448 e. The number of hydrogen-bond acceptors (Lipinski definition) is 6. The van der Waals surface area contributed by atoms with E-state index in [1.165, 1.54) is 23.0 Å². The lowest BCUT2D eigenvalue weighted by Gasteiger charge is -2.20. The van der Waals surface area contributed by atoms with Gasteiger partial charge in [0, 0.05) is 23.0 Å². The highest BCUT2D eigenvalue weighted by Crippen LogP contribution is 2.32. The number of nitrogens with zero attached hydrogens (tertiary/aromatic N) is 2. The molecule has 5 aromatic rings. The van der Waals surface area contributed by atoms with Crippen LogP contribution in [0.2, 0.25) is 5.02 Å². The van der Waals surface area contributed by atoms with Crippen LogP contribution < -0.4 is 10.9 Å². The highest BCUT2D eigenvalue weighted by atomic mass is 35.5. The molecule has 9 heteroatoms. The second-order valence-electron chi connectivity index (χ2n) is 8.42. The van der Waals surface area contributed by atoms with Gasteiger partial charge in [-0.05, 0) is 47.7 Å². The molecule has 2 aromatic heterocycles. The van der Waals surface area contributed by atoms with Gasteiger partial charge in [-0.2, -0.15) is 0 Å². The predicted octanol–water partition coefficient (Wildman–Crippen LogP) is 6.04. The van der Waals surface area contributed by atoms with Crippen molar-refractivity contribution in [3.8, 4) is 11.1 Å². The zero-order valence-corrected chi connectivity index (χ0v) is 21.6. The van der Waals surface area contributed by atoms with Gasteiger partial charge >= 0.3 is 5.97 Å². The Labute approximate surface area is 221 Å². The Morgan fingerprint density at radius 3 is 2.41 bits per heavy atom. The summed E-state index contributed by atoms with van der Waals surface area (Å²) in [5, 5.41) is 4.78. The van der Waals surface area contributed by atoms with E-state index in [0.717, 1.165) is 10.2 Å². The van der Waals surface area contributed by atoms with Gasteiger partial charge in [0.1, 0.15) is 5.69 Å². The first-order chi connectivity index (χ1) is 17.9. The second kappa shape index (κ2) is 10.2. The van der Waals surface area contributed by atoms with Crippen molar-refractivity contribution in [1.82, 2.24) is 9.55 Å². The van der Waals surface area contributed by atoms with Gasteiger partial charge in [0.25, 0.3) is 11.5 Å². The molecule has 3 aromatic carbocycles. The van der Waals surface area contributed by atoms with Gasteiger partial charge in [-0.15, -0.1) is 0 Å². The van der Waals surface area contributed by atoms with Crippen molar-refractivity contribution in [3.63, 3.8) is 0 Å². The van der Waals surface area contributed by atoms with Gasteiger partial charge < -0.3 is 9.30 Å². The Morgan fingerprint density at radius 2 is 1.70 bits per heavy atom. The molecule has 0 aliphatic carbocycles. The Kier molecular flexibility index (Phi) is 6.78. The van der Waals surface area contributed by atoms with Crippen LogP contribution >= 0.6 is 22.9 Å². The van der Waals surface area contributed by atoms with Crippen molar-refractivity contribution in [2.24, 2.45) is 7.05 Å². The number of carbonyl (C=O) groups is 2. The molecule has 0 aliphatic heterocycles. The van der Waals surface area contributed by atoms with Crippen LogP contribution in [-0.4, -0.2) is 27.5 Å². The molecule has 37 heavy (non-hydrogen) atoms. The molecular weight excluding hydrogens is 510 g/mol. The van der Waals surface area contributed by atoms with E-state index in [9.17, 15) is 14.4 Å². The van der Waals surface area contributed by atoms with Crippen molar-refractivity contribution in [1.29, 1.82) is 0 Å². The maximum absolute atomic E-state index is 13.6. The molecule has 0 radical (unpaired) electrons. The number of aromatic nitrogens is 2. The molecule has 186 valence electrons. The highest BCUT2D eigenvalue weighted by molar-refractivity contribution is 7.22. The molecule has 1 N–H and O–H groups in total. The smallest absolute Gasteiger partial charge is 0.356 e. The summed E-state index contributed by atoms with van der Waals surface area (Å²) in [6, 6.07) is 21.6. The summed E-state index contributed by atoms with van der Waals surface area (Å²) in [6.45, 7) is 1.75. The van der Waals surface area contributed by atoms with Crippen LogP contribution in [0.3, 0.4) is 0 Å². The predicted molar refractivity (Wildman–Crippen MR) is 147 cm³/mol. The van der Waals surface area contributed by atoms with Crippen LogP contribution in [0.25, 0.3) is 32.1 Å². The molecule has 2 heterocycles. The van der Waals surface area contributed by atoms with Gasteiger partial charge in [0.05, 0.1) is 10.2 Å². The van der Waals surface area contributed by atoms with E-state index in [2.05, 4.69) is 10.3 Å². The molecular formula is C28H22ClN3O4S. The van der Waals surface area contributed by atoms with Crippen LogP contribution in [0.4, 0.5) is 5.13 Å². The zero-order valence-electron chi connectivity index (χ0n) is 20.0. The van der Waals surface area contributed by atoms with Gasteiger partial charge in [-0.1, -0.05) is 72.3 Å². The van der Waals surface area contributed by atoms with Gasteiger partial charge in [0.15, 0.2) is 11.2 Å². The summed E-state index contributed by atoms with van der Waals surface area (Å²) in [4.78, 5) is 44.2. The summed E-state index contributed by atoms with van der Waals surface area (Å²) in [6.07, 6.45) is -0.848. The average Bonchev–Trinajstić information content (AvgIpc) is 3.32. The third-order valence-corrected chi connectivity index (χ3v) is 7.27. The lowest BCUT2D eigenvalue weighted by atomic mass is 9.96. The Bertz CT molecular complexity index is 1680. The number of carbonyl (C=O) groups excluding carboxylic acids is 2. The monoisotopic (exact) mass is 531 g/mol. The topological polar surface area (TPSA) is 90.3 Å². The average molecular weight is 532 g/mol. The van der Waals surface area contributed by atoms with E-state index in [4.69, 9.17) is 16.3 Å². The normalized spacial score (nSPS) is 12.0. The lowest BCUT2D eigenvalue weighted by Crippen LogP contribution is -2.34. The van der Waals surface area contributed by atoms with Crippen LogP contribution in [0, 0.1) is 0 Å². The van der Waals surface area contributed by atoms with E-state index in [1.807, 2.05) is 24.3 Å². The third-order valence-electron chi connectivity index (χ3n) is 6.07. The fourth-order valence-electron chi connectivity index (χ4n) is 4.23. The lowest BCUT2D eigenvalue weighted by molar-refractivity contribution is -0.124. The number of halogens is 1. The number of nitrogens with one attached hydrogen (secondary N) is 1. The number of esters is 1. The van der Waals surface area contributed by atoms with Crippen LogP contribution in [0.15, 0.2) is 77.6 Å². The number of fused-ring (bicyclic) bond motifs is 2. The fourth-order valence-corrected chi connectivity index (χ4v) is 5.23. The minimum Gasteiger partial charge on any atom is -0.448 e. The van der Waals surface area contributed by atoms with Gasteiger partial charge in [0.2, 0.25) is 0 Å². The van der Waals surface area contributed by atoms with E-state index in [1.54, 1.807) is 55.5 Å². The summed E-state index contributed by atoms with van der Waals surface area (Å²) in [7, 11) is 1.52. The first kappa shape index (κ1) is 24.7. The molecule has 5 rings (SSSR count). The molecule has 0 bridgehead atoms. The molecule has 1 unspecified atom stereocenters. The first-order valence-electron chi connectivity index (χ1n) is 11.6. The fraction of sp³-hybridized carbons (Fsp3) is 0.143. The Hall–Kier alpha value is -4.01. The number of rotatable bonds is 6. The second-order valence-corrected chi connectivity index (χ2v) is 9.89. The number of benzene rings is 3. The summed E-state index contributed by atoms with van der Waals surface area (Å²) in [5.41, 5.74) is 1.70. The van der Waals surface area contributed by atoms with E-state index < -0.39 is 18.0 Å². The quantitative estimate of drug-likeness (QED) is 0.270. The van der Waals surface area contributed by atoms with Gasteiger partial charge in [-0.3, -0.25) is 14.9 Å². The molecule has 7 nitrogen and oxygen atoms in total. The Balaban J connectivity index is 1.52. The van der Waals surface area contributed by atoms with E-state index in [0.29, 0.717) is 32.1 Å². The SMILES string of the molecule is CCC(OC(=O)c1c(-c2ccc(Cl)cc2)c2ccccc2c(=O)n1C)C(=O)Nc1nc2ccccc2s1. The standard InChI is InChI=1S/C28H22ClN3O4S/c1-3-21(25(33)31-28-30-20-10-6-7-11-22(20)37-28)36-27(35)24-23(16-12-14-17(29)15-13-16)18-8-4-5-9-19(18)26(34)32(24)2/h4-15,21H,3H2,1-2H3,(H,30,31,33).